The van der Waals surface area contributed by atoms with Gasteiger partial charge in [-0.1, -0.05) is 54.9 Å². The van der Waals surface area contributed by atoms with Crippen molar-refractivity contribution in [1.29, 1.82) is 0 Å². The Kier molecular flexibility index (Phi) is 36.6. The number of ketones is 4. The highest BCUT2D eigenvalue weighted by Gasteiger charge is 2.37. The molecule has 8 aromatic rings. The number of rotatable bonds is 29. The van der Waals surface area contributed by atoms with Crippen molar-refractivity contribution in [3.8, 4) is 0 Å². The summed E-state index contributed by atoms with van der Waals surface area (Å²) >= 11 is 0. The van der Waals surface area contributed by atoms with Gasteiger partial charge in [0, 0.05) is 125 Å². The van der Waals surface area contributed by atoms with Gasteiger partial charge in [0.2, 0.25) is 23.1 Å². The molecule has 32 nitrogen and oxygen atoms in total. The lowest BCUT2D eigenvalue weighted by Gasteiger charge is -2.15. The highest BCUT2D eigenvalue weighted by molar-refractivity contribution is 7.84. The molecule has 0 spiro atoms. The van der Waals surface area contributed by atoms with E-state index in [0.717, 1.165) is 74.3 Å². The predicted octanol–water partition coefficient (Wildman–Crippen LogP) is 10.6. The van der Waals surface area contributed by atoms with Crippen molar-refractivity contribution in [3.05, 3.63) is 167 Å². The first-order chi connectivity index (χ1) is 53.5. The molecule has 112 heavy (non-hydrogen) atoms. The highest BCUT2D eigenvalue weighted by Crippen LogP contribution is 2.39. The van der Waals surface area contributed by atoms with Crippen LogP contribution in [0, 0.1) is 41.4 Å². The van der Waals surface area contributed by atoms with E-state index in [1.807, 2.05) is 0 Å². The van der Waals surface area contributed by atoms with E-state index in [1.165, 1.54) is 94.6 Å². The third-order valence-corrected chi connectivity index (χ3v) is 20.6. The third-order valence-electron chi connectivity index (χ3n) is 20.2. The van der Waals surface area contributed by atoms with Crippen molar-refractivity contribution >= 4 is 56.7 Å². The first-order valence-electron chi connectivity index (χ1n) is 37.5. The molecule has 8 aromatic heterocycles. The van der Waals surface area contributed by atoms with Crippen LogP contribution in [0.1, 0.15) is 213 Å². The number of hydrogen-bond acceptors (Lipinski definition) is 31. The van der Waals surface area contributed by atoms with Crippen molar-refractivity contribution in [2.75, 3.05) is 75.6 Å². The summed E-state index contributed by atoms with van der Waals surface area (Å²) in [4.78, 5) is 83.8. The van der Waals surface area contributed by atoms with Crippen molar-refractivity contribution in [3.63, 3.8) is 0 Å². The van der Waals surface area contributed by atoms with E-state index in [0.29, 0.717) is 114 Å². The zero-order valence-corrected chi connectivity index (χ0v) is 65.3. The predicted molar refractivity (Wildman–Crippen MR) is 415 cm³/mol. The number of anilines is 4. The van der Waals surface area contributed by atoms with E-state index < -0.39 is 28.1 Å². The number of methoxy groups -OCH3 is 3. The second-order valence-corrected chi connectivity index (χ2v) is 29.6. The SMILES string of the molecule is C.C1CCOC1.CCO.CC[C@H]1C[C@@H](Nc2ncncc2C(=O)c2cc(CO)co2)C[C@@H]1C.CC[C@H]1C[C@@H](Nc2ncncc2C(=O)c2cc(COC)co2)C[C@@H]1C.COCc1coc(C(=O)c2cncnc2N[C@@H]2C[C@H](CO)[C@@H](C)C2)c1.COCc1coc(C(=O)c2cncnc2N[C@@H]2C[C@H](COS(N)(=O)=O)[C@@H](O)C2)c1. The van der Waals surface area contributed by atoms with Crippen LogP contribution in [0.4, 0.5) is 23.3 Å². The molecule has 4 saturated carbocycles. The molecular weight excluding hydrogens is 1470 g/mol. The average Bonchev–Trinajstić information content (AvgIpc) is 1.62. The molecule has 9 heterocycles. The normalized spacial score (nSPS) is 22.2. The van der Waals surface area contributed by atoms with Crippen LogP contribution in [0.25, 0.3) is 0 Å². The van der Waals surface area contributed by atoms with Gasteiger partial charge in [-0.3, -0.25) is 23.4 Å². The molecule has 10 N–H and O–H groups in total. The number of carbonyl (C=O) groups excluding carboxylic acids is 4. The first kappa shape index (κ1) is 90.1. The van der Waals surface area contributed by atoms with Crippen molar-refractivity contribution in [2.45, 2.75) is 183 Å². The molecule has 0 aromatic carbocycles. The summed E-state index contributed by atoms with van der Waals surface area (Å²) in [5.41, 5.74) is 4.34. The number of carbonyl (C=O) groups is 4. The van der Waals surface area contributed by atoms with E-state index in [-0.39, 0.29) is 97.8 Å². The molecule has 0 bridgehead atoms. The number of ether oxygens (including phenoxy) is 4. The Labute approximate surface area is 654 Å². The maximum absolute atomic E-state index is 12.8. The maximum atomic E-state index is 12.8. The summed E-state index contributed by atoms with van der Waals surface area (Å²) in [7, 11) is 0.654. The molecule has 5 aliphatic rings. The number of nitrogens with two attached hydrogens (primary N) is 1. The van der Waals surface area contributed by atoms with Crippen LogP contribution in [0.15, 0.2) is 117 Å². The number of aliphatic hydroxyl groups excluding tert-OH is 4. The second-order valence-electron chi connectivity index (χ2n) is 28.4. The van der Waals surface area contributed by atoms with E-state index in [2.05, 4.69) is 99.9 Å². The van der Waals surface area contributed by atoms with Gasteiger partial charge in [0.25, 0.3) is 0 Å². The Morgan fingerprint density at radius 3 is 1.05 bits per heavy atom. The fourth-order valence-corrected chi connectivity index (χ4v) is 14.7. The van der Waals surface area contributed by atoms with Gasteiger partial charge in [-0.25, -0.2) is 45.0 Å². The smallest absolute Gasteiger partial charge is 0.333 e. The minimum Gasteiger partial charge on any atom is -0.460 e. The molecule has 0 unspecified atom stereocenters. The average molecular weight is 1580 g/mol. The van der Waals surface area contributed by atoms with Crippen LogP contribution < -0.4 is 26.4 Å². The van der Waals surface area contributed by atoms with E-state index >= 15 is 0 Å². The van der Waals surface area contributed by atoms with E-state index in [9.17, 15) is 37.8 Å². The van der Waals surface area contributed by atoms with Gasteiger partial charge in [0.05, 0.1) is 86.4 Å². The lowest BCUT2D eigenvalue weighted by Crippen LogP contribution is -2.24. The van der Waals surface area contributed by atoms with Crippen LogP contribution in [0.3, 0.4) is 0 Å². The minimum absolute atomic E-state index is 0. The summed E-state index contributed by atoms with van der Waals surface area (Å²) in [5.74, 6) is 4.65. The number of aromatic nitrogens is 8. The van der Waals surface area contributed by atoms with Gasteiger partial charge in [0.1, 0.15) is 48.6 Å². The Hall–Kier alpha value is -9.13. The minimum atomic E-state index is -4.08. The molecule has 5 fully saturated rings. The second kappa shape index (κ2) is 45.5. The fourth-order valence-electron chi connectivity index (χ4n) is 14.4. The van der Waals surface area contributed by atoms with Crippen LogP contribution in [-0.4, -0.2) is 176 Å². The van der Waals surface area contributed by atoms with Crippen molar-refractivity contribution in [1.82, 2.24) is 39.9 Å². The highest BCUT2D eigenvalue weighted by atomic mass is 32.2. The van der Waals surface area contributed by atoms with Gasteiger partial charge in [-0.05, 0) is 131 Å². The molecule has 0 radical (unpaired) electrons. The number of hydrogen-bond donors (Lipinski definition) is 9. The Morgan fingerprint density at radius 2 is 0.786 bits per heavy atom. The molecule has 13 rings (SSSR count). The summed E-state index contributed by atoms with van der Waals surface area (Å²) < 4.78 is 67.9. The summed E-state index contributed by atoms with van der Waals surface area (Å²) in [6, 6.07) is 7.08. The van der Waals surface area contributed by atoms with Crippen LogP contribution in [0.2, 0.25) is 0 Å². The van der Waals surface area contributed by atoms with E-state index in [1.54, 1.807) is 58.7 Å². The van der Waals surface area contributed by atoms with E-state index in [4.69, 9.17) is 52.0 Å². The lowest BCUT2D eigenvalue weighted by molar-refractivity contribution is 0.100. The standard InChI is InChI=1S/C19H25N3O3.C18H23N3O4.C18H23N3O3.C17H22N4O7S.C4H8O.C2H6O.CH4/c1-4-14-7-15(5-12(14)2)22-19-16(8-20-11-21-19)18(23)17-6-13(9-24-3)10-25-17;1-11-3-14(5-13(11)7-22)21-18-15(6-19-10-20-18)17(23)16-4-12(8-24-2)9-25-16;1-3-13-6-14(4-11(13)2)21-18-15(7-19-10-20-18)17(23)16-5-12(8-22)9-24-16;1-26-6-10-2-15(27-7-10)16(23)13-5-19-9-20-17(13)21-12-3-11(14(22)4-12)8-28-29(18,24)25;1-2-4-5-3-1;1-2-3;/h6,8,10-12,14-15H,4-5,7,9H2,1-3H3,(H,20,21,22);4,6,9-11,13-14,22H,3,5,7-8H2,1-2H3,(H,19,20,21);5,7,9-11,13-14,22H,3-4,6,8H2,1-2H3,(H,19,20,21);2,5,7,9,11-12,14,22H,3-4,6,8H2,1H3,(H2,18,24,25)(H,19,20,21);1-4H2;3H,2H2,1H3;1H4/t12-,14-,15-;11-,13+,14-;11-,13-,14-;11-,12-,14+;;;/m0001.../s1. The molecule has 33 heteroatoms. The third kappa shape index (κ3) is 26.5. The van der Waals surface area contributed by atoms with Gasteiger partial charge < -0.3 is 78.3 Å². The number of aliphatic hydroxyl groups is 4. The molecule has 4 aliphatic carbocycles. The number of furan rings is 4. The first-order valence-corrected chi connectivity index (χ1v) is 39.0. The monoisotopic (exact) mass is 1580 g/mol. The molecule has 1 saturated heterocycles. The quantitative estimate of drug-likeness (QED) is 0.0197. The van der Waals surface area contributed by atoms with Gasteiger partial charge in [-0.2, -0.15) is 8.42 Å². The Balaban J connectivity index is 0.000000200. The van der Waals surface area contributed by atoms with Gasteiger partial charge in [0.15, 0.2) is 23.0 Å². The maximum Gasteiger partial charge on any atom is 0.333 e. The number of nitrogens with zero attached hydrogens (tertiary/aromatic N) is 8. The molecule has 612 valence electrons. The molecule has 0 amide bonds. The Morgan fingerprint density at radius 1 is 0.482 bits per heavy atom. The molecular formula is C79H111N13O19S. The molecule has 12 atom stereocenters. The van der Waals surface area contributed by atoms with Gasteiger partial charge in [-0.15, -0.1) is 0 Å². The summed E-state index contributed by atoms with van der Waals surface area (Å²) in [6.07, 6.45) is 28.4. The van der Waals surface area contributed by atoms with Gasteiger partial charge >= 0.3 is 10.3 Å². The largest absolute Gasteiger partial charge is 0.460 e. The lowest BCUT2D eigenvalue weighted by atomic mass is 9.96. The van der Waals surface area contributed by atoms with Crippen molar-refractivity contribution < 1.29 is 88.8 Å². The van der Waals surface area contributed by atoms with Crippen LogP contribution in [0.5, 0.6) is 0 Å². The summed E-state index contributed by atoms with van der Waals surface area (Å²) in [5, 5.41) is 54.4. The summed E-state index contributed by atoms with van der Waals surface area (Å²) in [6.45, 7) is 16.0. The number of nitrogens with one attached hydrogen (secondary N) is 4. The topological polar surface area (TPSA) is 459 Å². The zero-order chi connectivity index (χ0) is 80.0. The van der Waals surface area contributed by atoms with Crippen LogP contribution >= 0.6 is 0 Å². The molecule has 1 aliphatic heterocycles. The van der Waals surface area contributed by atoms with Crippen molar-refractivity contribution in [2.24, 2.45) is 46.6 Å². The van der Waals surface area contributed by atoms with Crippen LogP contribution in [-0.2, 0) is 59.9 Å². The fraction of sp³-hybridized carbons (Fsp3) is 0.544. The zero-order valence-electron chi connectivity index (χ0n) is 64.5. The Bertz CT molecular complexity index is 4170.